The van der Waals surface area contributed by atoms with E-state index >= 15 is 0 Å². The van der Waals surface area contributed by atoms with Crippen molar-refractivity contribution in [2.45, 2.75) is 18.7 Å². The SMILES string of the molecule is CC(=O)NS(=O)(=O)c1ccc(N=Nc2c(C)nn(C(=O)c3ccncc3)c2-c2ccccc2)cc1. The molecule has 0 spiro atoms. The number of hydrogen-bond donors (Lipinski definition) is 1. The van der Waals surface area contributed by atoms with Crippen LogP contribution in [0, 0.1) is 6.92 Å². The first-order chi connectivity index (χ1) is 16.8. The molecular weight excluding hydrogens is 468 g/mol. The highest BCUT2D eigenvalue weighted by atomic mass is 32.2. The van der Waals surface area contributed by atoms with E-state index in [1.165, 1.54) is 41.3 Å². The fourth-order valence-corrected chi connectivity index (χ4v) is 4.30. The van der Waals surface area contributed by atoms with E-state index in [0.29, 0.717) is 28.3 Å². The lowest BCUT2D eigenvalue weighted by molar-refractivity contribution is -0.117. The number of amides is 1. The van der Waals surface area contributed by atoms with Crippen molar-refractivity contribution in [2.24, 2.45) is 10.2 Å². The van der Waals surface area contributed by atoms with Gasteiger partial charge in [-0.15, -0.1) is 5.11 Å². The van der Waals surface area contributed by atoms with Crippen molar-refractivity contribution < 1.29 is 18.0 Å². The van der Waals surface area contributed by atoms with Crippen LogP contribution >= 0.6 is 0 Å². The van der Waals surface area contributed by atoms with Gasteiger partial charge < -0.3 is 0 Å². The second-order valence-corrected chi connectivity index (χ2v) is 9.14. The maximum atomic E-state index is 13.2. The summed E-state index contributed by atoms with van der Waals surface area (Å²) in [5.74, 6) is -1.03. The largest absolute Gasteiger partial charge is 0.278 e. The molecule has 4 rings (SSSR count). The molecule has 0 unspecified atom stereocenters. The number of benzene rings is 2. The molecule has 1 amide bonds. The summed E-state index contributed by atoms with van der Waals surface area (Å²) in [7, 11) is -3.95. The summed E-state index contributed by atoms with van der Waals surface area (Å²) in [4.78, 5) is 28.2. The molecule has 0 radical (unpaired) electrons. The van der Waals surface area contributed by atoms with Gasteiger partial charge in [0.15, 0.2) is 0 Å². The molecule has 11 heteroatoms. The first-order valence-corrected chi connectivity index (χ1v) is 11.9. The second-order valence-electron chi connectivity index (χ2n) is 7.46. The Morgan fingerprint density at radius 3 is 2.20 bits per heavy atom. The van der Waals surface area contributed by atoms with Gasteiger partial charge in [0.2, 0.25) is 5.91 Å². The number of aromatic nitrogens is 3. The lowest BCUT2D eigenvalue weighted by Crippen LogP contribution is -2.28. The molecule has 0 aliphatic rings. The minimum absolute atomic E-state index is 0.0800. The third-order valence-corrected chi connectivity index (χ3v) is 6.34. The molecule has 0 fully saturated rings. The quantitative estimate of drug-likeness (QED) is 0.404. The van der Waals surface area contributed by atoms with E-state index < -0.39 is 15.9 Å². The molecule has 0 aliphatic heterocycles. The van der Waals surface area contributed by atoms with E-state index in [1.807, 2.05) is 35.1 Å². The third kappa shape index (κ3) is 5.20. The van der Waals surface area contributed by atoms with Crippen molar-refractivity contribution in [1.82, 2.24) is 19.5 Å². The summed E-state index contributed by atoms with van der Waals surface area (Å²) in [6.07, 6.45) is 3.06. The van der Waals surface area contributed by atoms with Gasteiger partial charge in [0.25, 0.3) is 15.9 Å². The zero-order valence-corrected chi connectivity index (χ0v) is 19.6. The number of aryl methyl sites for hydroxylation is 1. The molecule has 2 aromatic heterocycles. The number of azo groups is 1. The number of carbonyl (C=O) groups is 2. The van der Waals surface area contributed by atoms with E-state index in [2.05, 4.69) is 20.3 Å². The molecule has 2 aromatic carbocycles. The molecule has 0 atom stereocenters. The number of sulfonamides is 1. The monoisotopic (exact) mass is 488 g/mol. The molecule has 1 N–H and O–H groups in total. The number of nitrogens with one attached hydrogen (secondary N) is 1. The highest BCUT2D eigenvalue weighted by molar-refractivity contribution is 7.90. The number of nitrogens with zero attached hydrogens (tertiary/aromatic N) is 5. The lowest BCUT2D eigenvalue weighted by Gasteiger charge is -2.07. The Bertz CT molecular complexity index is 1510. The summed E-state index contributed by atoms with van der Waals surface area (Å²) >= 11 is 0. The normalized spacial score (nSPS) is 11.5. The first-order valence-electron chi connectivity index (χ1n) is 10.4. The van der Waals surface area contributed by atoms with Gasteiger partial charge in [-0.3, -0.25) is 14.6 Å². The average Bonchev–Trinajstić information content (AvgIpc) is 3.18. The summed E-state index contributed by atoms with van der Waals surface area (Å²) in [5, 5.41) is 13.0. The second kappa shape index (κ2) is 9.77. The molecule has 176 valence electrons. The number of hydrogen-bond acceptors (Lipinski definition) is 8. The van der Waals surface area contributed by atoms with Crippen LogP contribution in [0.3, 0.4) is 0 Å². The van der Waals surface area contributed by atoms with Crippen molar-refractivity contribution in [2.75, 3.05) is 0 Å². The Balaban J connectivity index is 1.73. The predicted molar refractivity (Wildman–Crippen MR) is 128 cm³/mol. The van der Waals surface area contributed by atoms with Gasteiger partial charge in [-0.2, -0.15) is 14.9 Å². The van der Waals surface area contributed by atoms with E-state index in [-0.39, 0.29) is 10.8 Å². The summed E-state index contributed by atoms with van der Waals surface area (Å²) < 4.78 is 27.5. The fourth-order valence-electron chi connectivity index (χ4n) is 3.31. The van der Waals surface area contributed by atoms with Crippen LogP contribution in [0.2, 0.25) is 0 Å². The van der Waals surface area contributed by atoms with Gasteiger partial charge in [-0.05, 0) is 43.3 Å². The van der Waals surface area contributed by atoms with Crippen LogP contribution in [0.25, 0.3) is 11.3 Å². The van der Waals surface area contributed by atoms with Crippen LogP contribution in [-0.4, -0.2) is 35.0 Å². The third-order valence-electron chi connectivity index (χ3n) is 4.89. The van der Waals surface area contributed by atoms with Gasteiger partial charge in [-0.25, -0.2) is 13.1 Å². The maximum Gasteiger partial charge on any atom is 0.278 e. The van der Waals surface area contributed by atoms with Gasteiger partial charge in [0.05, 0.1) is 16.3 Å². The van der Waals surface area contributed by atoms with Crippen LogP contribution in [0.15, 0.2) is 94.2 Å². The van der Waals surface area contributed by atoms with Gasteiger partial charge in [0.1, 0.15) is 11.4 Å². The summed E-state index contributed by atoms with van der Waals surface area (Å²) in [6.45, 7) is 2.84. The van der Waals surface area contributed by atoms with Gasteiger partial charge in [-0.1, -0.05) is 30.3 Å². The minimum atomic E-state index is -3.95. The Kier molecular flexibility index (Phi) is 6.60. The predicted octanol–water partition coefficient (Wildman–Crippen LogP) is 4.18. The van der Waals surface area contributed by atoms with Crippen LogP contribution in [0.4, 0.5) is 11.4 Å². The zero-order chi connectivity index (χ0) is 25.0. The topological polar surface area (TPSA) is 136 Å². The Hall–Kier alpha value is -4.51. The molecule has 0 aliphatic carbocycles. The van der Waals surface area contributed by atoms with E-state index in [0.717, 1.165) is 12.5 Å². The van der Waals surface area contributed by atoms with Crippen LogP contribution < -0.4 is 4.72 Å². The molecule has 2 heterocycles. The van der Waals surface area contributed by atoms with Gasteiger partial charge >= 0.3 is 0 Å². The van der Waals surface area contributed by atoms with Gasteiger partial charge in [0, 0.05) is 30.4 Å². The van der Waals surface area contributed by atoms with Crippen LogP contribution in [0.5, 0.6) is 0 Å². The highest BCUT2D eigenvalue weighted by Crippen LogP contribution is 2.35. The summed E-state index contributed by atoms with van der Waals surface area (Å²) in [5.41, 5.74) is 2.87. The molecule has 0 bridgehead atoms. The fraction of sp³-hybridized carbons (Fsp3) is 0.0833. The molecular formula is C24H20N6O4S. The van der Waals surface area contributed by atoms with Crippen LogP contribution in [-0.2, 0) is 14.8 Å². The van der Waals surface area contributed by atoms with Crippen LogP contribution in [0.1, 0.15) is 23.0 Å². The number of pyridine rings is 1. The van der Waals surface area contributed by atoms with E-state index in [1.54, 1.807) is 19.1 Å². The lowest BCUT2D eigenvalue weighted by atomic mass is 10.1. The average molecular weight is 489 g/mol. The van der Waals surface area contributed by atoms with Crippen molar-refractivity contribution in [3.05, 3.63) is 90.4 Å². The van der Waals surface area contributed by atoms with Crippen molar-refractivity contribution in [3.8, 4) is 11.3 Å². The smallest absolute Gasteiger partial charge is 0.274 e. The Labute approximate surface area is 201 Å². The van der Waals surface area contributed by atoms with E-state index in [4.69, 9.17) is 0 Å². The Morgan fingerprint density at radius 1 is 0.914 bits per heavy atom. The number of rotatable bonds is 6. The van der Waals surface area contributed by atoms with Crippen molar-refractivity contribution >= 4 is 33.2 Å². The Morgan fingerprint density at radius 2 is 1.57 bits per heavy atom. The molecule has 10 nitrogen and oxygen atoms in total. The highest BCUT2D eigenvalue weighted by Gasteiger charge is 2.22. The maximum absolute atomic E-state index is 13.2. The van der Waals surface area contributed by atoms with Crippen molar-refractivity contribution in [1.29, 1.82) is 0 Å². The standard InChI is InChI=1S/C24H20N6O4S/c1-16-22(27-26-20-8-10-21(11-9-20)35(33,34)29-17(2)31)23(18-6-4-3-5-7-18)30(28-16)24(32)19-12-14-25-15-13-19/h3-15H,1-2H3,(H,29,31). The molecule has 35 heavy (non-hydrogen) atoms. The first kappa shape index (κ1) is 23.6. The van der Waals surface area contributed by atoms with Crippen molar-refractivity contribution in [3.63, 3.8) is 0 Å². The van der Waals surface area contributed by atoms with E-state index in [9.17, 15) is 18.0 Å². The molecule has 0 saturated carbocycles. The molecule has 0 saturated heterocycles. The molecule has 4 aromatic rings. The zero-order valence-electron chi connectivity index (χ0n) is 18.8. The minimum Gasteiger partial charge on any atom is -0.274 e. The summed E-state index contributed by atoms with van der Waals surface area (Å²) in [6, 6.07) is 18.0. The number of carbonyl (C=O) groups excluding carboxylic acids is 2.